The third kappa shape index (κ3) is 5.30. The highest BCUT2D eigenvalue weighted by molar-refractivity contribution is 7.07. The number of nitrogens with zero attached hydrogens (tertiary/aromatic N) is 2. The van der Waals surface area contributed by atoms with E-state index in [1.807, 2.05) is 5.38 Å². The molecule has 174 valence electrons. The van der Waals surface area contributed by atoms with Gasteiger partial charge in [0.2, 0.25) is 0 Å². The van der Waals surface area contributed by atoms with E-state index < -0.39 is 17.8 Å². The average molecular weight is 477 g/mol. The van der Waals surface area contributed by atoms with E-state index in [0.717, 1.165) is 30.7 Å². The van der Waals surface area contributed by atoms with Gasteiger partial charge in [-0.15, -0.1) is 11.3 Å². The summed E-state index contributed by atoms with van der Waals surface area (Å²) in [5.74, 6) is 0.622. The number of amides is 1. The molecule has 3 aromatic rings. The lowest BCUT2D eigenvalue weighted by molar-refractivity contribution is -0.137. The Morgan fingerprint density at radius 2 is 2.00 bits per heavy atom. The summed E-state index contributed by atoms with van der Waals surface area (Å²) in [6.07, 6.45) is -2.80. The van der Waals surface area contributed by atoms with Gasteiger partial charge in [0.15, 0.2) is 11.5 Å². The number of aromatic nitrogens is 1. The Bertz CT molecular complexity index is 1110. The Hall–Kier alpha value is -3.07. The van der Waals surface area contributed by atoms with Crippen molar-refractivity contribution < 1.29 is 27.4 Å². The summed E-state index contributed by atoms with van der Waals surface area (Å²) in [5.41, 5.74) is 2.62. The summed E-state index contributed by atoms with van der Waals surface area (Å²) in [5, 5.41) is 1.88. The molecule has 5 nitrogen and oxygen atoms in total. The third-order valence-corrected chi connectivity index (χ3v) is 6.19. The van der Waals surface area contributed by atoms with E-state index in [2.05, 4.69) is 4.98 Å². The van der Waals surface area contributed by atoms with E-state index in [-0.39, 0.29) is 18.6 Å². The number of benzene rings is 2. The van der Waals surface area contributed by atoms with Gasteiger partial charge in [-0.05, 0) is 55.7 Å². The Morgan fingerprint density at radius 3 is 2.64 bits per heavy atom. The van der Waals surface area contributed by atoms with E-state index in [9.17, 15) is 18.0 Å². The molecule has 2 aromatic carbocycles. The van der Waals surface area contributed by atoms with Gasteiger partial charge < -0.3 is 14.4 Å². The molecule has 33 heavy (non-hydrogen) atoms. The van der Waals surface area contributed by atoms with Gasteiger partial charge in [0.1, 0.15) is 6.61 Å². The quantitative estimate of drug-likeness (QED) is 0.393. The van der Waals surface area contributed by atoms with Crippen LogP contribution in [0, 0.1) is 0 Å². The number of hydrogen-bond donors (Lipinski definition) is 0. The molecule has 0 saturated heterocycles. The van der Waals surface area contributed by atoms with Gasteiger partial charge in [-0.2, -0.15) is 13.2 Å². The number of methoxy groups -OCH3 is 1. The molecule has 0 radical (unpaired) electrons. The molecule has 0 N–H and O–H groups in total. The molecule has 0 aliphatic heterocycles. The smallest absolute Gasteiger partial charge is 0.416 e. The fourth-order valence-electron chi connectivity index (χ4n) is 3.68. The lowest BCUT2D eigenvalue weighted by Crippen LogP contribution is -2.35. The summed E-state index contributed by atoms with van der Waals surface area (Å²) in [4.78, 5) is 19.3. The van der Waals surface area contributed by atoms with Crippen LogP contribution >= 0.6 is 11.3 Å². The maximum Gasteiger partial charge on any atom is 0.416 e. The zero-order valence-electron chi connectivity index (χ0n) is 18.1. The van der Waals surface area contributed by atoms with Gasteiger partial charge in [0.05, 0.1) is 29.9 Å². The number of carbonyl (C=O) groups is 1. The van der Waals surface area contributed by atoms with Gasteiger partial charge in [0.25, 0.3) is 5.91 Å². The number of carbonyl (C=O) groups excluding carboxylic acids is 1. The Kier molecular flexibility index (Phi) is 6.60. The molecule has 0 spiro atoms. The Balaban J connectivity index is 1.57. The minimum atomic E-state index is -4.44. The van der Waals surface area contributed by atoms with E-state index in [4.69, 9.17) is 9.47 Å². The minimum absolute atomic E-state index is 0.00590. The minimum Gasteiger partial charge on any atom is -0.493 e. The van der Waals surface area contributed by atoms with E-state index in [1.165, 1.54) is 24.5 Å². The van der Waals surface area contributed by atoms with Crippen molar-refractivity contribution in [1.29, 1.82) is 0 Å². The standard InChI is InChI=1S/C24H23F3N2O3S/c1-15(16-4-3-5-18(10-16)24(25,26)27)29(20-7-8-20)23(30)17-6-9-21(22(11-17)31-2)32-12-19-13-33-14-28-19/h3-6,9-11,13-15,20H,7-8,12H2,1-2H3. The highest BCUT2D eigenvalue weighted by atomic mass is 32.1. The van der Waals surface area contributed by atoms with Gasteiger partial charge in [-0.25, -0.2) is 4.98 Å². The second-order valence-electron chi connectivity index (χ2n) is 7.88. The molecular formula is C24H23F3N2O3S. The predicted molar refractivity (Wildman–Crippen MR) is 118 cm³/mol. The van der Waals surface area contributed by atoms with Crippen LogP contribution < -0.4 is 9.47 Å². The molecule has 1 heterocycles. The SMILES string of the molecule is COc1cc(C(=O)N(C2CC2)C(C)c2cccc(C(F)(F)F)c2)ccc1OCc1cscn1. The van der Waals surface area contributed by atoms with Crippen LogP contribution in [0.3, 0.4) is 0 Å². The van der Waals surface area contributed by atoms with Gasteiger partial charge in [-0.1, -0.05) is 12.1 Å². The number of halogens is 3. The van der Waals surface area contributed by atoms with Crippen molar-refractivity contribution in [3.8, 4) is 11.5 Å². The van der Waals surface area contributed by atoms with Crippen molar-refractivity contribution in [2.45, 2.75) is 44.6 Å². The lowest BCUT2D eigenvalue weighted by Gasteiger charge is -2.30. The summed E-state index contributed by atoms with van der Waals surface area (Å²) in [6.45, 7) is 2.03. The number of ether oxygens (including phenoxy) is 2. The summed E-state index contributed by atoms with van der Waals surface area (Å²) >= 11 is 1.47. The van der Waals surface area contributed by atoms with E-state index in [0.29, 0.717) is 22.6 Å². The predicted octanol–water partition coefficient (Wildman–Crippen LogP) is 6.12. The topological polar surface area (TPSA) is 51.7 Å². The number of thiazole rings is 1. The van der Waals surface area contributed by atoms with Crippen LogP contribution in [0.1, 0.15) is 53.0 Å². The summed E-state index contributed by atoms with van der Waals surface area (Å²) < 4.78 is 50.8. The number of rotatable bonds is 8. The molecule has 1 aliphatic carbocycles. The van der Waals surface area contributed by atoms with Gasteiger partial charge in [0, 0.05) is 17.0 Å². The van der Waals surface area contributed by atoms with Crippen LogP contribution in [0.2, 0.25) is 0 Å². The largest absolute Gasteiger partial charge is 0.493 e. The highest BCUT2D eigenvalue weighted by Gasteiger charge is 2.38. The van der Waals surface area contributed by atoms with Crippen LogP contribution in [0.15, 0.2) is 53.4 Å². The second kappa shape index (κ2) is 9.43. The molecule has 1 saturated carbocycles. The van der Waals surface area contributed by atoms with Crippen LogP contribution in [-0.2, 0) is 12.8 Å². The molecule has 1 aliphatic rings. The van der Waals surface area contributed by atoms with E-state index in [1.54, 1.807) is 41.6 Å². The van der Waals surface area contributed by atoms with Crippen LogP contribution in [0.25, 0.3) is 0 Å². The fraction of sp³-hybridized carbons (Fsp3) is 0.333. The van der Waals surface area contributed by atoms with Crippen molar-refractivity contribution in [3.05, 3.63) is 75.7 Å². The average Bonchev–Trinajstić information content (AvgIpc) is 3.50. The Labute approximate surface area is 193 Å². The molecular weight excluding hydrogens is 453 g/mol. The molecule has 9 heteroatoms. The summed E-state index contributed by atoms with van der Waals surface area (Å²) in [6, 6.07) is 9.55. The molecule has 0 bridgehead atoms. The number of hydrogen-bond acceptors (Lipinski definition) is 5. The molecule has 1 unspecified atom stereocenters. The third-order valence-electron chi connectivity index (χ3n) is 5.56. The van der Waals surface area contributed by atoms with Crippen molar-refractivity contribution in [1.82, 2.24) is 9.88 Å². The maximum atomic E-state index is 13.4. The van der Waals surface area contributed by atoms with Crippen LogP contribution in [0.4, 0.5) is 13.2 Å². The van der Waals surface area contributed by atoms with Crippen LogP contribution in [-0.4, -0.2) is 28.9 Å². The molecule has 1 aromatic heterocycles. The highest BCUT2D eigenvalue weighted by Crippen LogP contribution is 2.38. The monoisotopic (exact) mass is 476 g/mol. The molecule has 1 amide bonds. The first kappa shape index (κ1) is 23.1. The van der Waals surface area contributed by atoms with Crippen molar-refractivity contribution in [2.24, 2.45) is 0 Å². The second-order valence-corrected chi connectivity index (χ2v) is 8.60. The van der Waals surface area contributed by atoms with Crippen molar-refractivity contribution in [3.63, 3.8) is 0 Å². The molecule has 4 rings (SSSR count). The zero-order chi connectivity index (χ0) is 23.6. The van der Waals surface area contributed by atoms with Gasteiger partial charge in [-0.3, -0.25) is 4.79 Å². The zero-order valence-corrected chi connectivity index (χ0v) is 18.9. The Morgan fingerprint density at radius 1 is 1.21 bits per heavy atom. The first-order valence-electron chi connectivity index (χ1n) is 10.5. The molecule has 1 atom stereocenters. The fourth-order valence-corrected chi connectivity index (χ4v) is 4.22. The first-order chi connectivity index (χ1) is 15.8. The number of alkyl halides is 3. The molecule has 1 fully saturated rings. The van der Waals surface area contributed by atoms with Crippen LogP contribution in [0.5, 0.6) is 11.5 Å². The van der Waals surface area contributed by atoms with Crippen molar-refractivity contribution >= 4 is 17.2 Å². The van der Waals surface area contributed by atoms with Gasteiger partial charge >= 0.3 is 6.18 Å². The van der Waals surface area contributed by atoms with E-state index >= 15 is 0 Å². The first-order valence-corrected chi connectivity index (χ1v) is 11.4. The maximum absolute atomic E-state index is 13.4. The lowest BCUT2D eigenvalue weighted by atomic mass is 10.0. The normalized spacial score (nSPS) is 14.6. The summed E-state index contributed by atoms with van der Waals surface area (Å²) in [7, 11) is 1.49. The van der Waals surface area contributed by atoms with Crippen molar-refractivity contribution in [2.75, 3.05) is 7.11 Å².